The molecule has 138 valence electrons. The highest BCUT2D eigenvalue weighted by molar-refractivity contribution is 5.82. The highest BCUT2D eigenvalue weighted by Gasteiger charge is 2.36. The second-order valence-electron chi connectivity index (χ2n) is 7.49. The second kappa shape index (κ2) is 8.30. The predicted octanol–water partition coefficient (Wildman–Crippen LogP) is 2.14. The van der Waals surface area contributed by atoms with Gasteiger partial charge in [-0.3, -0.25) is 4.79 Å². The molecule has 1 aliphatic heterocycles. The summed E-state index contributed by atoms with van der Waals surface area (Å²) < 4.78 is 5.59. The van der Waals surface area contributed by atoms with Gasteiger partial charge in [0, 0.05) is 24.7 Å². The number of amides is 1. The maximum atomic E-state index is 12.6. The molecule has 3 N–H and O–H groups in total. The molecular formula is C20H31N3O2. The average molecular weight is 345 g/mol. The maximum Gasteiger partial charge on any atom is 0.239 e. The smallest absolute Gasteiger partial charge is 0.239 e. The number of hydrogen-bond donors (Lipinski definition) is 3. The van der Waals surface area contributed by atoms with Gasteiger partial charge in [-0.2, -0.15) is 0 Å². The Bertz CT molecular complexity index is 557. The Hall–Kier alpha value is -1.43. The molecule has 0 bridgehead atoms. The van der Waals surface area contributed by atoms with E-state index in [0.717, 1.165) is 19.4 Å². The third-order valence-electron chi connectivity index (χ3n) is 5.58. The van der Waals surface area contributed by atoms with E-state index in [1.54, 1.807) is 0 Å². The van der Waals surface area contributed by atoms with Gasteiger partial charge in [-0.1, -0.05) is 43.2 Å². The molecular weight excluding hydrogens is 314 g/mol. The lowest BCUT2D eigenvalue weighted by atomic mass is 9.94. The number of hydrogen-bond acceptors (Lipinski definition) is 4. The van der Waals surface area contributed by atoms with Crippen LogP contribution in [0.25, 0.3) is 0 Å². The van der Waals surface area contributed by atoms with Crippen molar-refractivity contribution in [1.29, 1.82) is 0 Å². The zero-order valence-corrected chi connectivity index (χ0v) is 15.4. The van der Waals surface area contributed by atoms with Gasteiger partial charge in [-0.15, -0.1) is 0 Å². The molecule has 2 aliphatic rings. The van der Waals surface area contributed by atoms with Crippen LogP contribution in [0, 0.1) is 0 Å². The summed E-state index contributed by atoms with van der Waals surface area (Å²) in [6.45, 7) is 6.24. The van der Waals surface area contributed by atoms with Crippen molar-refractivity contribution in [2.75, 3.05) is 19.7 Å². The molecule has 5 heteroatoms. The minimum atomic E-state index is -0.251. The molecule has 0 spiro atoms. The largest absolute Gasteiger partial charge is 0.375 e. The molecule has 1 heterocycles. The maximum absolute atomic E-state index is 12.6. The van der Waals surface area contributed by atoms with Crippen LogP contribution in [0.1, 0.15) is 51.1 Å². The van der Waals surface area contributed by atoms with Gasteiger partial charge in [0.15, 0.2) is 0 Å². The van der Waals surface area contributed by atoms with E-state index in [-0.39, 0.29) is 29.6 Å². The van der Waals surface area contributed by atoms with Crippen molar-refractivity contribution >= 4 is 5.91 Å². The Balaban J connectivity index is 1.59. The molecule has 0 radical (unpaired) electrons. The Labute approximate surface area is 150 Å². The molecule has 5 nitrogen and oxygen atoms in total. The number of rotatable bonds is 6. The van der Waals surface area contributed by atoms with Gasteiger partial charge in [0.1, 0.15) is 6.04 Å². The summed E-state index contributed by atoms with van der Waals surface area (Å²) in [6.07, 6.45) is 4.56. The number of carbonyl (C=O) groups excluding carboxylic acids is 1. The second-order valence-corrected chi connectivity index (χ2v) is 7.49. The quantitative estimate of drug-likeness (QED) is 0.739. The number of ether oxygens (including phenoxy) is 1. The fraction of sp³-hybridized carbons (Fsp3) is 0.650. The van der Waals surface area contributed by atoms with Crippen LogP contribution in [0.2, 0.25) is 0 Å². The van der Waals surface area contributed by atoms with Gasteiger partial charge in [-0.25, -0.2) is 0 Å². The summed E-state index contributed by atoms with van der Waals surface area (Å²) in [6, 6.07) is 10.5. The number of nitrogens with one attached hydrogen (secondary N) is 3. The molecule has 1 saturated carbocycles. The van der Waals surface area contributed by atoms with Crippen molar-refractivity contribution < 1.29 is 9.53 Å². The average Bonchev–Trinajstić information content (AvgIpc) is 3.09. The molecule has 1 aromatic rings. The SMILES string of the molecule is CC(NC1(CNC(=O)[C@H]2NCCO[C@@H]2C)CCCC1)c1ccccc1. The first-order valence-corrected chi connectivity index (χ1v) is 9.55. The highest BCUT2D eigenvalue weighted by Crippen LogP contribution is 2.31. The van der Waals surface area contributed by atoms with E-state index in [1.807, 2.05) is 13.0 Å². The zero-order valence-electron chi connectivity index (χ0n) is 15.4. The van der Waals surface area contributed by atoms with Crippen LogP contribution < -0.4 is 16.0 Å². The lowest BCUT2D eigenvalue weighted by Gasteiger charge is -2.36. The molecule has 1 amide bonds. The van der Waals surface area contributed by atoms with Crippen molar-refractivity contribution in [3.63, 3.8) is 0 Å². The summed E-state index contributed by atoms with van der Waals surface area (Å²) in [5.41, 5.74) is 1.28. The van der Waals surface area contributed by atoms with E-state index < -0.39 is 0 Å². The minimum absolute atomic E-state index is 0.0102. The van der Waals surface area contributed by atoms with Crippen molar-refractivity contribution in [1.82, 2.24) is 16.0 Å². The fourth-order valence-electron chi connectivity index (χ4n) is 4.10. The summed E-state index contributed by atoms with van der Waals surface area (Å²) in [4.78, 5) is 12.6. The van der Waals surface area contributed by atoms with Crippen LogP contribution in [0.15, 0.2) is 30.3 Å². The molecule has 25 heavy (non-hydrogen) atoms. The van der Waals surface area contributed by atoms with E-state index in [4.69, 9.17) is 4.74 Å². The third-order valence-corrected chi connectivity index (χ3v) is 5.58. The highest BCUT2D eigenvalue weighted by atomic mass is 16.5. The van der Waals surface area contributed by atoms with Gasteiger partial charge in [0.2, 0.25) is 5.91 Å². The summed E-state index contributed by atoms with van der Waals surface area (Å²) in [5, 5.41) is 10.3. The minimum Gasteiger partial charge on any atom is -0.375 e. The Kier molecular flexibility index (Phi) is 6.10. The van der Waals surface area contributed by atoms with E-state index in [0.29, 0.717) is 13.2 Å². The van der Waals surface area contributed by atoms with Crippen LogP contribution in [0.4, 0.5) is 0 Å². The lowest BCUT2D eigenvalue weighted by Crippen LogP contribution is -2.59. The molecule has 1 unspecified atom stereocenters. The molecule has 1 aliphatic carbocycles. The van der Waals surface area contributed by atoms with Crippen molar-refractivity contribution in [2.24, 2.45) is 0 Å². The molecule has 0 aromatic heterocycles. The summed E-state index contributed by atoms with van der Waals surface area (Å²) in [7, 11) is 0. The first kappa shape index (κ1) is 18.4. The molecule has 2 fully saturated rings. The third kappa shape index (κ3) is 4.60. The lowest BCUT2D eigenvalue weighted by molar-refractivity contribution is -0.129. The molecule has 1 aromatic carbocycles. The normalized spacial score (nSPS) is 27.0. The first-order chi connectivity index (χ1) is 12.1. The van der Waals surface area contributed by atoms with E-state index in [9.17, 15) is 4.79 Å². The fourth-order valence-corrected chi connectivity index (χ4v) is 4.10. The van der Waals surface area contributed by atoms with Gasteiger partial charge < -0.3 is 20.7 Å². The Morgan fingerprint density at radius 3 is 2.72 bits per heavy atom. The van der Waals surface area contributed by atoms with Crippen LogP contribution >= 0.6 is 0 Å². The van der Waals surface area contributed by atoms with Gasteiger partial charge in [0.25, 0.3) is 0 Å². The van der Waals surface area contributed by atoms with E-state index in [2.05, 4.69) is 47.1 Å². The van der Waals surface area contributed by atoms with Crippen LogP contribution in [-0.2, 0) is 9.53 Å². The monoisotopic (exact) mass is 345 g/mol. The number of carbonyl (C=O) groups is 1. The van der Waals surface area contributed by atoms with Crippen LogP contribution in [0.5, 0.6) is 0 Å². The van der Waals surface area contributed by atoms with Gasteiger partial charge in [0.05, 0.1) is 12.7 Å². The standard InChI is InChI=1S/C20H31N3O2/c1-15(17-8-4-3-5-9-17)23-20(10-6-7-11-20)14-22-19(24)18-16(2)25-13-12-21-18/h3-5,8-9,15-16,18,21,23H,6-7,10-14H2,1-2H3,(H,22,24)/t15?,16-,18+/m1/s1. The van der Waals surface area contributed by atoms with E-state index >= 15 is 0 Å². The van der Waals surface area contributed by atoms with Gasteiger partial charge in [-0.05, 0) is 32.3 Å². The number of benzene rings is 1. The summed E-state index contributed by atoms with van der Waals surface area (Å²) >= 11 is 0. The Morgan fingerprint density at radius 1 is 1.32 bits per heavy atom. The van der Waals surface area contributed by atoms with Crippen molar-refractivity contribution in [2.45, 2.75) is 63.3 Å². The molecule has 3 atom stereocenters. The Morgan fingerprint density at radius 2 is 2.04 bits per heavy atom. The van der Waals surface area contributed by atoms with Crippen molar-refractivity contribution in [3.05, 3.63) is 35.9 Å². The van der Waals surface area contributed by atoms with Crippen molar-refractivity contribution in [3.8, 4) is 0 Å². The topological polar surface area (TPSA) is 62.4 Å². The van der Waals surface area contributed by atoms with Crippen LogP contribution in [-0.4, -0.2) is 43.3 Å². The number of morpholine rings is 1. The molecule has 1 saturated heterocycles. The van der Waals surface area contributed by atoms with Gasteiger partial charge >= 0.3 is 0 Å². The van der Waals surface area contributed by atoms with E-state index in [1.165, 1.54) is 18.4 Å². The zero-order chi connectivity index (χ0) is 17.7. The first-order valence-electron chi connectivity index (χ1n) is 9.55. The predicted molar refractivity (Wildman–Crippen MR) is 99.4 cm³/mol. The molecule has 3 rings (SSSR count). The van der Waals surface area contributed by atoms with Crippen LogP contribution in [0.3, 0.4) is 0 Å². The summed E-state index contributed by atoms with van der Waals surface area (Å²) in [5.74, 6) is 0.0487.